The molecule has 1 aromatic heterocycles. The first-order valence-corrected chi connectivity index (χ1v) is 6.89. The number of hydrogen-bond donors (Lipinski definition) is 0. The summed E-state index contributed by atoms with van der Waals surface area (Å²) in [5, 5.41) is 0.834. The quantitative estimate of drug-likeness (QED) is 0.736. The normalized spacial score (nSPS) is 16.9. The third kappa shape index (κ3) is 2.18. The zero-order valence-corrected chi connectivity index (χ0v) is 11.0. The van der Waals surface area contributed by atoms with Crippen molar-refractivity contribution in [2.45, 2.75) is 39.0 Å². The number of furan rings is 1. The molecule has 3 heteroatoms. The van der Waals surface area contributed by atoms with Crippen molar-refractivity contribution in [2.75, 3.05) is 0 Å². The topological polar surface area (TPSA) is 30.2 Å². The van der Waals surface area contributed by atoms with Crippen molar-refractivity contribution < 1.29 is 13.6 Å². The van der Waals surface area contributed by atoms with Crippen LogP contribution in [-0.2, 0) is 0 Å². The Balaban J connectivity index is 2.00. The molecule has 0 N–H and O–H groups in total. The summed E-state index contributed by atoms with van der Waals surface area (Å²) in [6.45, 7) is 1.87. The van der Waals surface area contributed by atoms with Crippen molar-refractivity contribution in [3.63, 3.8) is 0 Å². The molecule has 0 amide bonds. The van der Waals surface area contributed by atoms with E-state index in [2.05, 4.69) is 0 Å². The maximum atomic E-state index is 13.2. The van der Waals surface area contributed by atoms with E-state index < -0.39 is 0 Å². The molecule has 0 spiro atoms. The fourth-order valence-corrected chi connectivity index (χ4v) is 2.98. The summed E-state index contributed by atoms with van der Waals surface area (Å²) in [6.07, 6.45) is 5.34. The summed E-state index contributed by atoms with van der Waals surface area (Å²) in [6, 6.07) is 4.43. The Labute approximate surface area is 111 Å². The van der Waals surface area contributed by atoms with Gasteiger partial charge >= 0.3 is 0 Å². The van der Waals surface area contributed by atoms with Gasteiger partial charge in [-0.25, -0.2) is 4.39 Å². The first-order chi connectivity index (χ1) is 9.16. The Kier molecular flexibility index (Phi) is 3.13. The van der Waals surface area contributed by atoms with Crippen LogP contribution in [0.15, 0.2) is 22.6 Å². The SMILES string of the molecule is Cc1c(C(=O)C2CCCCC2)oc2cc(F)ccc12. The molecular weight excluding hydrogens is 243 g/mol. The van der Waals surface area contributed by atoms with Crippen molar-refractivity contribution in [1.82, 2.24) is 0 Å². The molecule has 19 heavy (non-hydrogen) atoms. The average Bonchev–Trinajstić information content (AvgIpc) is 2.75. The van der Waals surface area contributed by atoms with Crippen LogP contribution in [0.25, 0.3) is 11.0 Å². The number of benzene rings is 1. The van der Waals surface area contributed by atoms with Crippen LogP contribution in [0, 0.1) is 18.7 Å². The van der Waals surface area contributed by atoms with E-state index in [-0.39, 0.29) is 17.5 Å². The molecule has 1 aromatic carbocycles. The van der Waals surface area contributed by atoms with E-state index in [0.717, 1.165) is 36.6 Å². The lowest BCUT2D eigenvalue weighted by molar-refractivity contribution is 0.0862. The number of carbonyl (C=O) groups is 1. The van der Waals surface area contributed by atoms with E-state index in [1.165, 1.54) is 18.6 Å². The van der Waals surface area contributed by atoms with Crippen LogP contribution in [0.5, 0.6) is 0 Å². The second-order valence-corrected chi connectivity index (χ2v) is 5.40. The Morgan fingerprint density at radius 1 is 1.26 bits per heavy atom. The van der Waals surface area contributed by atoms with Crippen LogP contribution < -0.4 is 0 Å². The van der Waals surface area contributed by atoms with Crippen molar-refractivity contribution in [2.24, 2.45) is 5.92 Å². The van der Waals surface area contributed by atoms with Crippen LogP contribution in [0.2, 0.25) is 0 Å². The van der Waals surface area contributed by atoms with Gasteiger partial charge in [0.15, 0.2) is 5.76 Å². The monoisotopic (exact) mass is 260 g/mol. The molecule has 0 unspecified atom stereocenters. The molecule has 1 aliphatic carbocycles. The van der Waals surface area contributed by atoms with Gasteiger partial charge in [-0.3, -0.25) is 4.79 Å². The molecular formula is C16H17FO2. The third-order valence-corrected chi connectivity index (χ3v) is 4.10. The fraction of sp³-hybridized carbons (Fsp3) is 0.438. The van der Waals surface area contributed by atoms with Gasteiger partial charge < -0.3 is 4.42 Å². The highest BCUT2D eigenvalue weighted by Gasteiger charge is 2.27. The number of ketones is 1. The molecule has 2 aromatic rings. The molecule has 0 atom stereocenters. The van der Waals surface area contributed by atoms with Gasteiger partial charge in [0, 0.05) is 22.9 Å². The summed E-state index contributed by atoms with van der Waals surface area (Å²) >= 11 is 0. The molecule has 1 heterocycles. The number of hydrogen-bond acceptors (Lipinski definition) is 2. The van der Waals surface area contributed by atoms with Crippen molar-refractivity contribution in [3.05, 3.63) is 35.3 Å². The van der Waals surface area contributed by atoms with Gasteiger partial charge in [0.25, 0.3) is 0 Å². The van der Waals surface area contributed by atoms with Gasteiger partial charge in [-0.1, -0.05) is 19.3 Å². The molecule has 2 nitrogen and oxygen atoms in total. The van der Waals surface area contributed by atoms with Crippen LogP contribution in [0.4, 0.5) is 4.39 Å². The average molecular weight is 260 g/mol. The van der Waals surface area contributed by atoms with E-state index in [0.29, 0.717) is 11.3 Å². The van der Waals surface area contributed by atoms with E-state index in [4.69, 9.17) is 4.42 Å². The highest BCUT2D eigenvalue weighted by molar-refractivity contribution is 6.01. The van der Waals surface area contributed by atoms with Crippen LogP contribution in [-0.4, -0.2) is 5.78 Å². The van der Waals surface area contributed by atoms with E-state index in [1.54, 1.807) is 6.07 Å². The van der Waals surface area contributed by atoms with E-state index in [1.807, 2.05) is 6.92 Å². The number of fused-ring (bicyclic) bond motifs is 1. The highest BCUT2D eigenvalue weighted by Crippen LogP contribution is 2.32. The Bertz CT molecular complexity index is 621. The number of carbonyl (C=O) groups excluding carboxylic acids is 1. The van der Waals surface area contributed by atoms with Gasteiger partial charge in [0.2, 0.25) is 5.78 Å². The lowest BCUT2D eigenvalue weighted by atomic mass is 9.85. The Morgan fingerprint density at radius 3 is 2.74 bits per heavy atom. The van der Waals surface area contributed by atoms with E-state index >= 15 is 0 Å². The zero-order valence-electron chi connectivity index (χ0n) is 11.0. The zero-order chi connectivity index (χ0) is 13.4. The summed E-state index contributed by atoms with van der Waals surface area (Å²) in [4.78, 5) is 12.5. The largest absolute Gasteiger partial charge is 0.453 e. The molecule has 1 fully saturated rings. The van der Waals surface area contributed by atoms with Gasteiger partial charge in [-0.15, -0.1) is 0 Å². The Morgan fingerprint density at radius 2 is 2.00 bits per heavy atom. The lowest BCUT2D eigenvalue weighted by Crippen LogP contribution is -2.17. The molecule has 100 valence electrons. The van der Waals surface area contributed by atoms with Crippen molar-refractivity contribution in [3.8, 4) is 0 Å². The van der Waals surface area contributed by atoms with Gasteiger partial charge in [0.1, 0.15) is 11.4 Å². The maximum Gasteiger partial charge on any atom is 0.201 e. The highest BCUT2D eigenvalue weighted by atomic mass is 19.1. The van der Waals surface area contributed by atoms with Crippen LogP contribution >= 0.6 is 0 Å². The minimum atomic E-state index is -0.335. The van der Waals surface area contributed by atoms with Gasteiger partial charge in [-0.05, 0) is 31.9 Å². The van der Waals surface area contributed by atoms with E-state index in [9.17, 15) is 9.18 Å². The van der Waals surface area contributed by atoms with Crippen LogP contribution in [0.1, 0.15) is 48.2 Å². The van der Waals surface area contributed by atoms with Crippen molar-refractivity contribution in [1.29, 1.82) is 0 Å². The first-order valence-electron chi connectivity index (χ1n) is 6.89. The molecule has 0 aliphatic heterocycles. The molecule has 3 rings (SSSR count). The number of halogens is 1. The summed E-state index contributed by atoms with van der Waals surface area (Å²) in [5.74, 6) is 0.261. The third-order valence-electron chi connectivity index (χ3n) is 4.10. The molecule has 1 aliphatic rings. The molecule has 0 bridgehead atoms. The summed E-state index contributed by atoms with van der Waals surface area (Å²) in [5.41, 5.74) is 1.31. The molecule has 1 saturated carbocycles. The molecule has 0 radical (unpaired) electrons. The predicted octanol–water partition coefficient (Wildman–Crippen LogP) is 4.64. The number of rotatable bonds is 2. The molecule has 0 saturated heterocycles. The smallest absolute Gasteiger partial charge is 0.201 e. The van der Waals surface area contributed by atoms with Crippen LogP contribution in [0.3, 0.4) is 0 Å². The minimum Gasteiger partial charge on any atom is -0.453 e. The summed E-state index contributed by atoms with van der Waals surface area (Å²) in [7, 11) is 0. The second-order valence-electron chi connectivity index (χ2n) is 5.40. The fourth-order valence-electron chi connectivity index (χ4n) is 2.98. The first kappa shape index (κ1) is 12.4. The lowest BCUT2D eigenvalue weighted by Gasteiger charge is -2.19. The standard InChI is InChI=1S/C16H17FO2/c1-10-13-8-7-12(17)9-14(13)19-16(10)15(18)11-5-3-2-4-6-11/h7-9,11H,2-6H2,1H3. The minimum absolute atomic E-state index is 0.0814. The predicted molar refractivity (Wildman–Crippen MR) is 71.8 cm³/mol. The number of Topliss-reactive ketones (excluding diaryl/α,β-unsaturated/α-hetero) is 1. The van der Waals surface area contributed by atoms with Gasteiger partial charge in [0.05, 0.1) is 0 Å². The summed E-state index contributed by atoms with van der Waals surface area (Å²) < 4.78 is 18.8. The number of aryl methyl sites for hydroxylation is 1. The Hall–Kier alpha value is -1.64. The van der Waals surface area contributed by atoms with Crippen molar-refractivity contribution >= 4 is 16.8 Å². The second kappa shape index (κ2) is 4.80. The maximum absolute atomic E-state index is 13.2. The van der Waals surface area contributed by atoms with Gasteiger partial charge in [-0.2, -0.15) is 0 Å².